The van der Waals surface area contributed by atoms with E-state index in [1.807, 2.05) is 19.1 Å². The maximum absolute atomic E-state index is 12.2. The monoisotopic (exact) mass is 255 g/mol. The highest BCUT2D eigenvalue weighted by Crippen LogP contribution is 2.17. The molecule has 1 aromatic heterocycles. The van der Waals surface area contributed by atoms with Crippen LogP contribution in [0.2, 0.25) is 0 Å². The third-order valence-electron chi connectivity index (χ3n) is 3.13. The highest BCUT2D eigenvalue weighted by Gasteiger charge is 2.17. The standard InChI is InChI=1S/C15H15N2O2/c1-9-3-5-11(6-4-9)14(18)13-8-7-12(17-13)10(2)15(16)19/h3-8,10,16-17H,1-2H3. The van der Waals surface area contributed by atoms with Gasteiger partial charge in [-0.25, -0.2) is 0 Å². The Morgan fingerprint density at radius 2 is 1.74 bits per heavy atom. The number of hydrogen-bond acceptors (Lipinski definition) is 2. The van der Waals surface area contributed by atoms with Gasteiger partial charge in [0.05, 0.1) is 11.6 Å². The summed E-state index contributed by atoms with van der Waals surface area (Å²) in [6.07, 6.45) is 0. The zero-order valence-corrected chi connectivity index (χ0v) is 10.9. The van der Waals surface area contributed by atoms with Crippen LogP contribution >= 0.6 is 0 Å². The van der Waals surface area contributed by atoms with E-state index in [2.05, 4.69) is 4.98 Å². The van der Waals surface area contributed by atoms with Gasteiger partial charge in [0.2, 0.25) is 11.7 Å². The summed E-state index contributed by atoms with van der Waals surface area (Å²) in [4.78, 5) is 26.1. The van der Waals surface area contributed by atoms with Gasteiger partial charge in [-0.2, -0.15) is 0 Å². The lowest BCUT2D eigenvalue weighted by Gasteiger charge is -2.03. The van der Waals surface area contributed by atoms with Gasteiger partial charge in [0.1, 0.15) is 0 Å². The van der Waals surface area contributed by atoms with E-state index >= 15 is 0 Å². The van der Waals surface area contributed by atoms with Crippen molar-refractivity contribution in [2.75, 3.05) is 0 Å². The van der Waals surface area contributed by atoms with Crippen LogP contribution in [-0.4, -0.2) is 16.7 Å². The SMILES string of the molecule is Cc1ccc(C(=O)c2ccc(C(C)C([NH])=O)[nH]2)cc1. The molecule has 19 heavy (non-hydrogen) atoms. The van der Waals surface area contributed by atoms with Crippen LogP contribution < -0.4 is 5.73 Å². The van der Waals surface area contributed by atoms with E-state index in [1.54, 1.807) is 31.2 Å². The number of H-pyrrole nitrogens is 1. The van der Waals surface area contributed by atoms with E-state index in [-0.39, 0.29) is 5.78 Å². The van der Waals surface area contributed by atoms with Gasteiger partial charge < -0.3 is 4.98 Å². The number of rotatable bonds is 4. The summed E-state index contributed by atoms with van der Waals surface area (Å²) in [7, 11) is 0. The Morgan fingerprint density at radius 1 is 1.11 bits per heavy atom. The van der Waals surface area contributed by atoms with Crippen LogP contribution in [0.1, 0.15) is 40.2 Å². The zero-order valence-electron chi connectivity index (χ0n) is 10.9. The minimum Gasteiger partial charge on any atom is -0.355 e. The van der Waals surface area contributed by atoms with Crippen molar-refractivity contribution >= 4 is 11.7 Å². The molecule has 0 aliphatic heterocycles. The molecule has 1 radical (unpaired) electrons. The average molecular weight is 255 g/mol. The molecule has 97 valence electrons. The summed E-state index contributed by atoms with van der Waals surface area (Å²) in [6, 6.07) is 10.6. The molecule has 1 aromatic carbocycles. The molecule has 2 N–H and O–H groups in total. The van der Waals surface area contributed by atoms with Gasteiger partial charge >= 0.3 is 0 Å². The molecule has 1 unspecified atom stereocenters. The molecule has 1 amide bonds. The molecular weight excluding hydrogens is 240 g/mol. The van der Waals surface area contributed by atoms with Gasteiger partial charge in [-0.3, -0.25) is 15.3 Å². The second kappa shape index (κ2) is 5.10. The van der Waals surface area contributed by atoms with Crippen molar-refractivity contribution in [1.29, 1.82) is 0 Å². The number of ketones is 1. The van der Waals surface area contributed by atoms with Crippen molar-refractivity contribution in [1.82, 2.24) is 10.7 Å². The molecule has 0 aliphatic carbocycles. The lowest BCUT2D eigenvalue weighted by molar-refractivity contribution is -0.119. The first kappa shape index (κ1) is 13.1. The van der Waals surface area contributed by atoms with Crippen LogP contribution in [0.25, 0.3) is 0 Å². The molecule has 0 bridgehead atoms. The van der Waals surface area contributed by atoms with E-state index in [0.29, 0.717) is 17.0 Å². The second-order valence-corrected chi connectivity index (χ2v) is 4.61. The Hall–Kier alpha value is -2.36. The molecule has 1 heterocycles. The van der Waals surface area contributed by atoms with Crippen molar-refractivity contribution in [3.05, 3.63) is 58.9 Å². The zero-order chi connectivity index (χ0) is 14.0. The van der Waals surface area contributed by atoms with Crippen LogP contribution in [0.4, 0.5) is 0 Å². The smallest absolute Gasteiger partial charge is 0.247 e. The highest BCUT2D eigenvalue weighted by atomic mass is 16.1. The number of benzene rings is 1. The molecule has 0 fully saturated rings. The molecule has 0 spiro atoms. The van der Waals surface area contributed by atoms with Gasteiger partial charge in [0, 0.05) is 11.3 Å². The summed E-state index contributed by atoms with van der Waals surface area (Å²) in [6.45, 7) is 3.60. The normalized spacial score (nSPS) is 12.1. The Morgan fingerprint density at radius 3 is 2.32 bits per heavy atom. The minimum atomic E-state index is -0.670. The number of carbonyl (C=O) groups excluding carboxylic acids is 2. The van der Waals surface area contributed by atoms with Gasteiger partial charge in [-0.1, -0.05) is 29.8 Å². The predicted octanol–water partition coefficient (Wildman–Crippen LogP) is 2.47. The van der Waals surface area contributed by atoms with Crippen LogP contribution in [0.5, 0.6) is 0 Å². The van der Waals surface area contributed by atoms with Crippen molar-refractivity contribution in [2.45, 2.75) is 19.8 Å². The molecule has 1 atom stereocenters. The number of carbonyl (C=O) groups is 2. The largest absolute Gasteiger partial charge is 0.355 e. The maximum Gasteiger partial charge on any atom is 0.247 e. The average Bonchev–Trinajstić information content (AvgIpc) is 2.87. The van der Waals surface area contributed by atoms with Crippen molar-refractivity contribution < 1.29 is 9.59 Å². The van der Waals surface area contributed by atoms with Crippen LogP contribution in [0, 0.1) is 6.92 Å². The molecule has 4 heteroatoms. The summed E-state index contributed by atoms with van der Waals surface area (Å²) in [5.41, 5.74) is 9.81. The predicted molar refractivity (Wildman–Crippen MR) is 71.9 cm³/mol. The Kier molecular flexibility index (Phi) is 3.51. The molecule has 4 nitrogen and oxygen atoms in total. The van der Waals surface area contributed by atoms with E-state index < -0.39 is 11.8 Å². The Balaban J connectivity index is 2.25. The Bertz CT molecular complexity index is 611. The molecule has 2 rings (SSSR count). The van der Waals surface area contributed by atoms with Crippen molar-refractivity contribution in [2.24, 2.45) is 0 Å². The summed E-state index contributed by atoms with van der Waals surface area (Å²) >= 11 is 0. The minimum absolute atomic E-state index is 0.115. The first-order chi connectivity index (χ1) is 8.99. The number of amides is 1. The van der Waals surface area contributed by atoms with Crippen LogP contribution in [-0.2, 0) is 4.79 Å². The van der Waals surface area contributed by atoms with Crippen molar-refractivity contribution in [3.8, 4) is 0 Å². The first-order valence-corrected chi connectivity index (χ1v) is 6.04. The molecule has 0 saturated carbocycles. The topological polar surface area (TPSA) is 73.7 Å². The fourth-order valence-electron chi connectivity index (χ4n) is 1.80. The van der Waals surface area contributed by atoms with Crippen LogP contribution in [0.3, 0.4) is 0 Å². The van der Waals surface area contributed by atoms with Gasteiger partial charge in [0.15, 0.2) is 0 Å². The van der Waals surface area contributed by atoms with E-state index in [1.165, 1.54) is 0 Å². The molecule has 0 saturated heterocycles. The Labute approximate surface area is 111 Å². The molecule has 2 aromatic rings. The number of aromatic nitrogens is 1. The molecule has 0 aliphatic rings. The van der Waals surface area contributed by atoms with E-state index in [9.17, 15) is 9.59 Å². The summed E-state index contributed by atoms with van der Waals surface area (Å²) in [5.74, 6) is -1.33. The van der Waals surface area contributed by atoms with E-state index in [4.69, 9.17) is 5.73 Å². The number of aryl methyl sites for hydroxylation is 1. The van der Waals surface area contributed by atoms with Gasteiger partial charge in [-0.05, 0) is 26.0 Å². The van der Waals surface area contributed by atoms with E-state index in [0.717, 1.165) is 5.56 Å². The fraction of sp³-hybridized carbons (Fsp3) is 0.200. The second-order valence-electron chi connectivity index (χ2n) is 4.61. The summed E-state index contributed by atoms with van der Waals surface area (Å²) < 4.78 is 0. The quantitative estimate of drug-likeness (QED) is 0.852. The van der Waals surface area contributed by atoms with Gasteiger partial charge in [-0.15, -0.1) is 0 Å². The fourth-order valence-corrected chi connectivity index (χ4v) is 1.80. The van der Waals surface area contributed by atoms with Gasteiger partial charge in [0.25, 0.3) is 0 Å². The lowest BCUT2D eigenvalue weighted by atomic mass is 10.1. The third kappa shape index (κ3) is 2.73. The number of nitrogens with one attached hydrogen (secondary N) is 2. The molecular formula is C15H15N2O2. The van der Waals surface area contributed by atoms with Crippen LogP contribution in [0.15, 0.2) is 36.4 Å². The third-order valence-corrected chi connectivity index (χ3v) is 3.13. The number of hydrogen-bond donors (Lipinski definition) is 1. The highest BCUT2D eigenvalue weighted by molar-refractivity contribution is 6.07. The summed E-state index contributed by atoms with van der Waals surface area (Å²) in [5, 5.41) is 0. The number of aromatic amines is 1. The first-order valence-electron chi connectivity index (χ1n) is 6.04. The maximum atomic E-state index is 12.2. The lowest BCUT2D eigenvalue weighted by Crippen LogP contribution is -2.10. The van der Waals surface area contributed by atoms with Crippen molar-refractivity contribution in [3.63, 3.8) is 0 Å².